The summed E-state index contributed by atoms with van der Waals surface area (Å²) in [6, 6.07) is 8.04. The zero-order valence-electron chi connectivity index (χ0n) is 16.1. The van der Waals surface area contributed by atoms with E-state index in [1.54, 1.807) is 0 Å². The Kier molecular flexibility index (Phi) is 7.53. The van der Waals surface area contributed by atoms with Crippen molar-refractivity contribution in [3.05, 3.63) is 34.9 Å². The van der Waals surface area contributed by atoms with Gasteiger partial charge < -0.3 is 15.8 Å². The lowest BCUT2D eigenvalue weighted by molar-refractivity contribution is -0.124. The second-order valence-electron chi connectivity index (χ2n) is 7.96. The molecule has 0 bridgehead atoms. The molecule has 3 N–H and O–H groups in total. The molecule has 1 aromatic carbocycles. The molecule has 2 aliphatic rings. The minimum Gasteiger partial charge on any atom is -0.379 e. The molecular formula is C21H32ClN3O2. The van der Waals surface area contributed by atoms with Crippen molar-refractivity contribution in [2.24, 2.45) is 11.1 Å². The van der Waals surface area contributed by atoms with Gasteiger partial charge in [-0.2, -0.15) is 0 Å². The van der Waals surface area contributed by atoms with Gasteiger partial charge in [0.2, 0.25) is 5.91 Å². The number of ether oxygens (including phenoxy) is 1. The third-order valence-electron chi connectivity index (χ3n) is 6.10. The fourth-order valence-electron chi connectivity index (χ4n) is 4.43. The van der Waals surface area contributed by atoms with E-state index in [2.05, 4.69) is 16.3 Å². The average Bonchev–Trinajstić information content (AvgIpc) is 2.70. The van der Waals surface area contributed by atoms with Crippen LogP contribution in [-0.2, 0) is 9.53 Å². The van der Waals surface area contributed by atoms with Crippen molar-refractivity contribution in [2.75, 3.05) is 39.4 Å². The molecule has 3 rings (SSSR count). The van der Waals surface area contributed by atoms with Gasteiger partial charge in [-0.25, -0.2) is 0 Å². The van der Waals surface area contributed by atoms with Gasteiger partial charge in [-0.1, -0.05) is 43.0 Å². The summed E-state index contributed by atoms with van der Waals surface area (Å²) in [6.45, 7) is 4.35. The Bertz CT molecular complexity index is 613. The molecule has 0 radical (unpaired) electrons. The molecule has 1 amide bonds. The van der Waals surface area contributed by atoms with Crippen LogP contribution in [0.15, 0.2) is 24.3 Å². The number of hydrogen-bond donors (Lipinski definition) is 2. The van der Waals surface area contributed by atoms with Crippen LogP contribution in [0.1, 0.15) is 50.1 Å². The van der Waals surface area contributed by atoms with Gasteiger partial charge in [-0.05, 0) is 42.5 Å². The minimum atomic E-state index is -0.00709. The highest BCUT2D eigenvalue weighted by atomic mass is 35.5. The summed E-state index contributed by atoms with van der Waals surface area (Å²) in [6.07, 6.45) is 6.30. The lowest BCUT2D eigenvalue weighted by atomic mass is 9.71. The number of amides is 1. The van der Waals surface area contributed by atoms with Crippen molar-refractivity contribution in [3.8, 4) is 0 Å². The molecule has 1 unspecified atom stereocenters. The van der Waals surface area contributed by atoms with Gasteiger partial charge in [-0.15, -0.1) is 0 Å². The van der Waals surface area contributed by atoms with Crippen LogP contribution >= 0.6 is 11.6 Å². The number of nitrogens with one attached hydrogen (secondary N) is 1. The Morgan fingerprint density at radius 2 is 2.00 bits per heavy atom. The van der Waals surface area contributed by atoms with Gasteiger partial charge in [0.1, 0.15) is 0 Å². The van der Waals surface area contributed by atoms with Gasteiger partial charge in [-0.3, -0.25) is 9.69 Å². The number of nitrogens with zero attached hydrogens (tertiary/aromatic N) is 1. The summed E-state index contributed by atoms with van der Waals surface area (Å²) in [5.41, 5.74) is 7.18. The smallest absolute Gasteiger partial charge is 0.220 e. The van der Waals surface area contributed by atoms with E-state index in [0.717, 1.165) is 49.7 Å². The van der Waals surface area contributed by atoms with Crippen LogP contribution in [-0.4, -0.2) is 50.2 Å². The van der Waals surface area contributed by atoms with Crippen molar-refractivity contribution in [2.45, 2.75) is 44.6 Å². The summed E-state index contributed by atoms with van der Waals surface area (Å²) >= 11 is 6.21. The van der Waals surface area contributed by atoms with Crippen molar-refractivity contribution < 1.29 is 9.53 Å². The fourth-order valence-corrected chi connectivity index (χ4v) is 4.63. The van der Waals surface area contributed by atoms with Gasteiger partial charge in [0, 0.05) is 31.1 Å². The van der Waals surface area contributed by atoms with Gasteiger partial charge >= 0.3 is 0 Å². The lowest BCUT2D eigenvalue weighted by Crippen LogP contribution is -2.45. The van der Waals surface area contributed by atoms with Crippen molar-refractivity contribution in [1.82, 2.24) is 10.2 Å². The van der Waals surface area contributed by atoms with Crippen LogP contribution in [0.3, 0.4) is 0 Å². The van der Waals surface area contributed by atoms with Gasteiger partial charge in [0.05, 0.1) is 19.3 Å². The minimum absolute atomic E-state index is 0.00709. The Hall–Kier alpha value is -1.14. The summed E-state index contributed by atoms with van der Waals surface area (Å²) in [7, 11) is 0. The Morgan fingerprint density at radius 3 is 2.67 bits per heavy atom. The third kappa shape index (κ3) is 5.67. The second kappa shape index (κ2) is 9.87. The fraction of sp³-hybridized carbons (Fsp3) is 0.667. The molecule has 1 heterocycles. The first-order valence-corrected chi connectivity index (χ1v) is 10.5. The number of hydrogen-bond acceptors (Lipinski definition) is 4. The van der Waals surface area contributed by atoms with Gasteiger partial charge in [0.15, 0.2) is 0 Å². The predicted molar refractivity (Wildman–Crippen MR) is 109 cm³/mol. The van der Waals surface area contributed by atoms with E-state index in [1.165, 1.54) is 19.3 Å². The average molecular weight is 394 g/mol. The molecule has 2 fully saturated rings. The first-order chi connectivity index (χ1) is 13.1. The first-order valence-electron chi connectivity index (χ1n) is 10.2. The van der Waals surface area contributed by atoms with Crippen molar-refractivity contribution >= 4 is 17.5 Å². The molecule has 5 nitrogen and oxygen atoms in total. The summed E-state index contributed by atoms with van der Waals surface area (Å²) < 4.78 is 5.49. The Balaban J connectivity index is 1.64. The molecule has 6 heteroatoms. The topological polar surface area (TPSA) is 67.6 Å². The number of halogens is 1. The molecule has 1 aliphatic heterocycles. The zero-order valence-corrected chi connectivity index (χ0v) is 16.8. The van der Waals surface area contributed by atoms with Crippen LogP contribution in [0, 0.1) is 5.41 Å². The van der Waals surface area contributed by atoms with Crippen molar-refractivity contribution in [3.63, 3.8) is 0 Å². The quantitative estimate of drug-likeness (QED) is 0.746. The number of nitrogens with two attached hydrogens (primary N) is 1. The van der Waals surface area contributed by atoms with Crippen LogP contribution in [0.25, 0.3) is 0 Å². The third-order valence-corrected chi connectivity index (χ3v) is 6.33. The van der Waals surface area contributed by atoms with E-state index in [1.807, 2.05) is 18.2 Å². The molecule has 1 saturated carbocycles. The van der Waals surface area contributed by atoms with Crippen molar-refractivity contribution in [1.29, 1.82) is 0 Å². The van der Waals surface area contributed by atoms with Crippen LogP contribution < -0.4 is 11.1 Å². The molecule has 1 atom stereocenters. The number of rotatable bonds is 7. The van der Waals surface area contributed by atoms with E-state index in [0.29, 0.717) is 19.5 Å². The van der Waals surface area contributed by atoms with E-state index in [4.69, 9.17) is 22.1 Å². The zero-order chi connectivity index (χ0) is 19.1. The van der Waals surface area contributed by atoms with Crippen LogP contribution in [0.4, 0.5) is 0 Å². The SMILES string of the molecule is NCC1(CC(=O)NCC(c2cccc(Cl)c2)N2CCOCC2)CCCCC1. The monoisotopic (exact) mass is 393 g/mol. The maximum absolute atomic E-state index is 12.7. The number of morpholine rings is 1. The van der Waals surface area contributed by atoms with E-state index in [9.17, 15) is 4.79 Å². The number of benzene rings is 1. The summed E-state index contributed by atoms with van der Waals surface area (Å²) in [5.74, 6) is 0.114. The maximum Gasteiger partial charge on any atom is 0.220 e. The predicted octanol–water partition coefficient (Wildman–Crippen LogP) is 3.13. The van der Waals surface area contributed by atoms with E-state index in [-0.39, 0.29) is 17.4 Å². The molecule has 1 saturated heterocycles. The second-order valence-corrected chi connectivity index (χ2v) is 8.40. The van der Waals surface area contributed by atoms with Crippen LogP contribution in [0.5, 0.6) is 0 Å². The number of carbonyl (C=O) groups is 1. The maximum atomic E-state index is 12.7. The summed E-state index contributed by atoms with van der Waals surface area (Å²) in [5, 5.41) is 3.91. The molecule has 0 spiro atoms. The molecule has 0 aromatic heterocycles. The van der Waals surface area contributed by atoms with E-state index >= 15 is 0 Å². The number of carbonyl (C=O) groups excluding carboxylic acids is 1. The first kappa shape index (κ1) is 20.6. The largest absolute Gasteiger partial charge is 0.379 e. The van der Waals surface area contributed by atoms with Gasteiger partial charge in [0.25, 0.3) is 0 Å². The molecular weight excluding hydrogens is 362 g/mol. The molecule has 150 valence electrons. The van der Waals surface area contributed by atoms with Crippen LogP contribution in [0.2, 0.25) is 5.02 Å². The highest BCUT2D eigenvalue weighted by Crippen LogP contribution is 2.38. The Labute approximate surface area is 167 Å². The molecule has 1 aliphatic carbocycles. The van der Waals surface area contributed by atoms with E-state index < -0.39 is 0 Å². The Morgan fingerprint density at radius 1 is 1.26 bits per heavy atom. The lowest BCUT2D eigenvalue weighted by Gasteiger charge is -2.37. The molecule has 1 aromatic rings. The summed E-state index contributed by atoms with van der Waals surface area (Å²) in [4.78, 5) is 15.1. The molecule has 27 heavy (non-hydrogen) atoms. The highest BCUT2D eigenvalue weighted by molar-refractivity contribution is 6.30. The highest BCUT2D eigenvalue weighted by Gasteiger charge is 2.33. The normalized spacial score (nSPS) is 21.6. The standard InChI is InChI=1S/C21H32ClN3O2/c22-18-6-4-5-17(13-18)19(25-9-11-27-12-10-25)15-24-20(26)14-21(16-23)7-2-1-3-8-21/h4-6,13,19H,1-3,7-12,14-16,23H2,(H,24,26).